The van der Waals surface area contributed by atoms with Crippen molar-refractivity contribution in [3.05, 3.63) is 43.7 Å². The average molecular weight is 340 g/mol. The number of thiophene rings is 1. The molecular weight excluding hydrogens is 326 g/mol. The van der Waals surface area contributed by atoms with Gasteiger partial charge in [0.15, 0.2) is 6.20 Å². The molecule has 1 fully saturated rings. The number of hydrogen-bond donors (Lipinski definition) is 1. The van der Waals surface area contributed by atoms with Gasteiger partial charge in [-0.15, -0.1) is 11.3 Å². The Labute approximate surface area is 136 Å². The van der Waals surface area contributed by atoms with Crippen LogP contribution in [0.25, 0.3) is 0 Å². The van der Waals surface area contributed by atoms with Gasteiger partial charge in [0.25, 0.3) is 0 Å². The minimum absolute atomic E-state index is 0.327. The summed E-state index contributed by atoms with van der Waals surface area (Å²) < 4.78 is 0.802. The second-order valence-corrected chi connectivity index (χ2v) is 7.11. The molecule has 0 atom stereocenters. The summed E-state index contributed by atoms with van der Waals surface area (Å²) in [6.45, 7) is 0. The van der Waals surface area contributed by atoms with Crippen LogP contribution in [0.2, 0.25) is 4.34 Å². The second kappa shape index (κ2) is 5.73. The maximum absolute atomic E-state index is 10.7. The first kappa shape index (κ1) is 15.1. The number of pyridine rings is 1. The van der Waals surface area contributed by atoms with E-state index in [4.69, 9.17) is 11.6 Å². The zero-order valence-corrected chi connectivity index (χ0v) is 13.3. The van der Waals surface area contributed by atoms with Gasteiger partial charge in [0.2, 0.25) is 5.75 Å². The van der Waals surface area contributed by atoms with Crippen LogP contribution in [0, 0.1) is 10.1 Å². The van der Waals surface area contributed by atoms with Crippen LogP contribution in [0.3, 0.4) is 0 Å². The Morgan fingerprint density at radius 1 is 1.50 bits per heavy atom. The molecule has 6 nitrogen and oxygen atoms in total. The van der Waals surface area contributed by atoms with E-state index in [0.29, 0.717) is 17.6 Å². The minimum atomic E-state index is -0.695. The van der Waals surface area contributed by atoms with Crippen molar-refractivity contribution in [1.29, 1.82) is 0 Å². The molecule has 0 bridgehead atoms. The van der Waals surface area contributed by atoms with Gasteiger partial charge in [0.1, 0.15) is 0 Å². The van der Waals surface area contributed by atoms with Gasteiger partial charge >= 0.3 is 5.82 Å². The van der Waals surface area contributed by atoms with Gasteiger partial charge in [-0.25, -0.2) is 0 Å². The molecule has 8 heteroatoms. The number of nitro groups is 1. The van der Waals surface area contributed by atoms with Crippen molar-refractivity contribution in [1.82, 2.24) is 4.98 Å². The summed E-state index contributed by atoms with van der Waals surface area (Å²) in [4.78, 5) is 17.0. The van der Waals surface area contributed by atoms with E-state index in [1.807, 2.05) is 18.0 Å². The predicted molar refractivity (Wildman–Crippen MR) is 86.1 cm³/mol. The lowest BCUT2D eigenvalue weighted by atomic mass is 9.78. The molecule has 1 saturated carbocycles. The molecule has 0 radical (unpaired) electrons. The molecule has 3 rings (SSSR count). The number of anilines is 1. The van der Waals surface area contributed by atoms with Gasteiger partial charge in [0, 0.05) is 24.0 Å². The topological polar surface area (TPSA) is 79.5 Å². The van der Waals surface area contributed by atoms with Crippen molar-refractivity contribution in [2.24, 2.45) is 0 Å². The maximum Gasteiger partial charge on any atom is 0.406 e. The summed E-state index contributed by atoms with van der Waals surface area (Å²) >= 11 is 7.56. The van der Waals surface area contributed by atoms with Crippen LogP contribution >= 0.6 is 22.9 Å². The van der Waals surface area contributed by atoms with Crippen LogP contribution in [-0.4, -0.2) is 28.1 Å². The molecule has 1 N–H and O–H groups in total. The summed E-state index contributed by atoms with van der Waals surface area (Å²) in [7, 11) is 1.91. The minimum Gasteiger partial charge on any atom is -0.501 e. The van der Waals surface area contributed by atoms with Crippen LogP contribution in [0.4, 0.5) is 11.5 Å². The molecule has 2 aromatic rings. The Morgan fingerprint density at radius 3 is 2.77 bits per heavy atom. The summed E-state index contributed by atoms with van der Waals surface area (Å²) in [5.41, 5.74) is 0.677. The Hall–Kier alpha value is -1.86. The van der Waals surface area contributed by atoms with Crippen LogP contribution in [0.5, 0.6) is 5.75 Å². The number of rotatable bonds is 4. The first-order valence-electron chi connectivity index (χ1n) is 6.77. The van der Waals surface area contributed by atoms with Crippen LogP contribution in [0.1, 0.15) is 23.6 Å². The van der Waals surface area contributed by atoms with Crippen LogP contribution in [-0.2, 0) is 0 Å². The molecule has 2 aromatic heterocycles. The van der Waals surface area contributed by atoms with Gasteiger partial charge in [-0.05, 0) is 40.8 Å². The molecular formula is C14H14ClN3O3S. The van der Waals surface area contributed by atoms with Crippen molar-refractivity contribution in [3.8, 4) is 5.75 Å². The van der Waals surface area contributed by atoms with Gasteiger partial charge in [-0.1, -0.05) is 11.6 Å². The van der Waals surface area contributed by atoms with Crippen LogP contribution < -0.4 is 4.90 Å². The highest BCUT2D eigenvalue weighted by Gasteiger charge is 2.34. The number of halogens is 1. The standard InChI is InChI=1S/C14H14ClN3O3S/c1-17(10-6-11(19)14(16-7-10)18(20)21)9-4-8(5-9)12-2-3-13(15)22-12/h2-3,6-9,19H,4-5H2,1H3. The molecule has 22 heavy (non-hydrogen) atoms. The largest absolute Gasteiger partial charge is 0.501 e. The fourth-order valence-corrected chi connectivity index (χ4v) is 3.85. The monoisotopic (exact) mass is 339 g/mol. The fraction of sp³-hybridized carbons (Fsp3) is 0.357. The first-order chi connectivity index (χ1) is 10.5. The fourth-order valence-electron chi connectivity index (χ4n) is 2.66. The molecule has 1 aliphatic rings. The van der Waals surface area contributed by atoms with Gasteiger partial charge in [-0.3, -0.25) is 0 Å². The van der Waals surface area contributed by atoms with E-state index in [1.54, 1.807) is 11.3 Å². The lowest BCUT2D eigenvalue weighted by molar-refractivity contribution is -0.390. The van der Waals surface area contributed by atoms with Crippen LogP contribution in [0.15, 0.2) is 24.4 Å². The van der Waals surface area contributed by atoms with E-state index in [2.05, 4.69) is 11.1 Å². The van der Waals surface area contributed by atoms with E-state index >= 15 is 0 Å². The molecule has 2 heterocycles. The third-order valence-electron chi connectivity index (χ3n) is 4.07. The van der Waals surface area contributed by atoms with Crippen molar-refractivity contribution in [2.75, 3.05) is 11.9 Å². The number of hydrogen-bond acceptors (Lipinski definition) is 6. The normalized spacial score (nSPS) is 20.5. The van der Waals surface area contributed by atoms with E-state index in [9.17, 15) is 15.2 Å². The van der Waals surface area contributed by atoms with E-state index in [0.717, 1.165) is 17.2 Å². The highest BCUT2D eigenvalue weighted by molar-refractivity contribution is 7.16. The number of aromatic hydroxyl groups is 1. The van der Waals surface area contributed by atoms with Crippen molar-refractivity contribution in [2.45, 2.75) is 24.8 Å². The smallest absolute Gasteiger partial charge is 0.406 e. The van der Waals surface area contributed by atoms with Crippen molar-refractivity contribution < 1.29 is 10.0 Å². The summed E-state index contributed by atoms with van der Waals surface area (Å²) in [6, 6.07) is 5.69. The Morgan fingerprint density at radius 2 is 2.23 bits per heavy atom. The zero-order valence-electron chi connectivity index (χ0n) is 11.8. The highest BCUT2D eigenvalue weighted by Crippen LogP contribution is 2.44. The van der Waals surface area contributed by atoms with Crippen molar-refractivity contribution >= 4 is 34.4 Å². The van der Waals surface area contributed by atoms with Gasteiger partial charge in [-0.2, -0.15) is 0 Å². The molecule has 0 amide bonds. The molecule has 1 aliphatic carbocycles. The first-order valence-corrected chi connectivity index (χ1v) is 7.96. The SMILES string of the molecule is CN(c1cnc([N+](=O)[O-])c(O)c1)C1CC(c2ccc(Cl)s2)C1. The lowest BCUT2D eigenvalue weighted by Gasteiger charge is -2.41. The summed E-state index contributed by atoms with van der Waals surface area (Å²) in [6.07, 6.45) is 3.41. The molecule has 0 saturated heterocycles. The Balaban J connectivity index is 1.67. The van der Waals surface area contributed by atoms with Crippen molar-refractivity contribution in [3.63, 3.8) is 0 Å². The second-order valence-electron chi connectivity index (χ2n) is 5.37. The average Bonchev–Trinajstić information content (AvgIpc) is 2.82. The third kappa shape index (κ3) is 2.74. The molecule has 116 valence electrons. The number of aromatic nitrogens is 1. The lowest BCUT2D eigenvalue weighted by Crippen LogP contribution is -2.41. The van der Waals surface area contributed by atoms with E-state index in [-0.39, 0.29) is 0 Å². The summed E-state index contributed by atoms with van der Waals surface area (Å²) in [5, 5.41) is 20.3. The van der Waals surface area contributed by atoms with Gasteiger partial charge < -0.3 is 20.1 Å². The molecule has 0 aromatic carbocycles. The Kier molecular flexibility index (Phi) is 3.92. The third-order valence-corrected chi connectivity index (χ3v) is 5.46. The van der Waals surface area contributed by atoms with E-state index in [1.165, 1.54) is 17.1 Å². The molecule has 0 spiro atoms. The zero-order chi connectivity index (χ0) is 15.9. The maximum atomic E-state index is 10.7. The Bertz CT molecular complexity index is 715. The molecule has 0 unspecified atom stereocenters. The van der Waals surface area contributed by atoms with Gasteiger partial charge in [0.05, 0.1) is 10.0 Å². The van der Waals surface area contributed by atoms with E-state index < -0.39 is 16.5 Å². The molecule has 0 aliphatic heterocycles. The summed E-state index contributed by atoms with van der Waals surface area (Å²) in [5.74, 6) is -0.420. The predicted octanol–water partition coefficient (Wildman–Crippen LogP) is 3.79. The quantitative estimate of drug-likeness (QED) is 0.677. The highest BCUT2D eigenvalue weighted by atomic mass is 35.5. The number of nitrogens with zero attached hydrogens (tertiary/aromatic N) is 3.